The van der Waals surface area contributed by atoms with Crippen LogP contribution in [0.1, 0.15) is 15.9 Å². The summed E-state index contributed by atoms with van der Waals surface area (Å²) in [6, 6.07) is 7.54. The minimum atomic E-state index is 0.00607. The molecule has 0 aliphatic heterocycles. The number of aliphatic imine (C=N–C) groups is 1. The van der Waals surface area contributed by atoms with Crippen molar-refractivity contribution in [3.05, 3.63) is 35.4 Å². The van der Waals surface area contributed by atoms with Crippen LogP contribution in [0.4, 0.5) is 0 Å². The lowest BCUT2D eigenvalue weighted by Gasteiger charge is -2.13. The highest BCUT2D eigenvalue weighted by molar-refractivity contribution is 5.93. The van der Waals surface area contributed by atoms with Crippen LogP contribution >= 0.6 is 0 Å². The van der Waals surface area contributed by atoms with Gasteiger partial charge < -0.3 is 20.3 Å². The molecule has 0 heterocycles. The van der Waals surface area contributed by atoms with Crippen LogP contribution in [0.5, 0.6) is 0 Å². The van der Waals surface area contributed by atoms with E-state index >= 15 is 0 Å². The molecule has 1 amide bonds. The standard InChI is InChI=1S/C15H24N4O2/c1-16-15(17-9-10-21-4)18-11-12-5-7-13(8-6-12)14(20)19(2)3/h5-8H,9-11H2,1-4H3,(H2,16,17,18). The lowest BCUT2D eigenvalue weighted by molar-refractivity contribution is 0.0827. The Bertz CT molecular complexity index is 469. The van der Waals surface area contributed by atoms with Crippen molar-refractivity contribution in [3.63, 3.8) is 0 Å². The zero-order chi connectivity index (χ0) is 15.7. The van der Waals surface area contributed by atoms with E-state index in [1.54, 1.807) is 33.2 Å². The Morgan fingerprint density at radius 1 is 1.24 bits per heavy atom. The molecule has 1 rings (SSSR count). The predicted octanol–water partition coefficient (Wildman–Crippen LogP) is 0.700. The van der Waals surface area contributed by atoms with Gasteiger partial charge in [0.05, 0.1) is 6.61 Å². The summed E-state index contributed by atoms with van der Waals surface area (Å²) in [5, 5.41) is 6.34. The van der Waals surface area contributed by atoms with E-state index in [0.717, 1.165) is 11.5 Å². The van der Waals surface area contributed by atoms with Gasteiger partial charge in [-0.05, 0) is 17.7 Å². The molecule has 0 spiro atoms. The second kappa shape index (κ2) is 8.97. The summed E-state index contributed by atoms with van der Waals surface area (Å²) in [6.45, 7) is 1.97. The van der Waals surface area contributed by atoms with Crippen LogP contribution in [0.3, 0.4) is 0 Å². The van der Waals surface area contributed by atoms with Gasteiger partial charge in [-0.2, -0.15) is 0 Å². The number of nitrogens with one attached hydrogen (secondary N) is 2. The number of hydrogen-bond acceptors (Lipinski definition) is 3. The largest absolute Gasteiger partial charge is 0.383 e. The quantitative estimate of drug-likeness (QED) is 0.460. The molecule has 0 saturated heterocycles. The monoisotopic (exact) mass is 292 g/mol. The van der Waals surface area contributed by atoms with E-state index in [2.05, 4.69) is 15.6 Å². The maximum atomic E-state index is 11.8. The second-order valence-electron chi connectivity index (χ2n) is 4.74. The van der Waals surface area contributed by atoms with E-state index in [9.17, 15) is 4.79 Å². The molecule has 6 heteroatoms. The van der Waals surface area contributed by atoms with Crippen LogP contribution in [0.2, 0.25) is 0 Å². The normalized spacial score (nSPS) is 11.1. The second-order valence-corrected chi connectivity index (χ2v) is 4.74. The highest BCUT2D eigenvalue weighted by Crippen LogP contribution is 2.06. The molecule has 0 aliphatic rings. The third-order valence-electron chi connectivity index (χ3n) is 2.89. The van der Waals surface area contributed by atoms with Gasteiger partial charge in [0.25, 0.3) is 5.91 Å². The van der Waals surface area contributed by atoms with E-state index in [-0.39, 0.29) is 5.91 Å². The maximum absolute atomic E-state index is 11.8. The van der Waals surface area contributed by atoms with Crippen molar-refractivity contribution in [1.82, 2.24) is 15.5 Å². The first-order chi connectivity index (χ1) is 10.1. The van der Waals surface area contributed by atoms with Crippen LogP contribution in [0.25, 0.3) is 0 Å². The summed E-state index contributed by atoms with van der Waals surface area (Å²) in [6.07, 6.45) is 0. The van der Waals surface area contributed by atoms with Crippen LogP contribution in [0.15, 0.2) is 29.3 Å². The molecular weight excluding hydrogens is 268 g/mol. The smallest absolute Gasteiger partial charge is 0.253 e. The summed E-state index contributed by atoms with van der Waals surface area (Å²) in [5.41, 5.74) is 1.77. The number of methoxy groups -OCH3 is 1. The van der Waals surface area contributed by atoms with Crippen molar-refractivity contribution in [1.29, 1.82) is 0 Å². The number of rotatable bonds is 6. The Hall–Kier alpha value is -2.08. The molecule has 0 fully saturated rings. The predicted molar refractivity (Wildman–Crippen MR) is 84.5 cm³/mol. The van der Waals surface area contributed by atoms with E-state index < -0.39 is 0 Å². The Morgan fingerprint density at radius 2 is 1.90 bits per heavy atom. The van der Waals surface area contributed by atoms with Gasteiger partial charge in [-0.15, -0.1) is 0 Å². The molecule has 0 unspecified atom stereocenters. The first-order valence-electron chi connectivity index (χ1n) is 6.82. The van der Waals surface area contributed by atoms with Crippen LogP contribution in [-0.2, 0) is 11.3 Å². The van der Waals surface area contributed by atoms with E-state index in [1.807, 2.05) is 24.3 Å². The molecule has 1 aromatic rings. The number of nitrogens with zero attached hydrogens (tertiary/aromatic N) is 2. The van der Waals surface area contributed by atoms with Crippen molar-refractivity contribution in [2.75, 3.05) is 41.4 Å². The molecule has 0 aliphatic carbocycles. The Morgan fingerprint density at radius 3 is 2.43 bits per heavy atom. The van der Waals surface area contributed by atoms with Crippen molar-refractivity contribution >= 4 is 11.9 Å². The fourth-order valence-electron chi connectivity index (χ4n) is 1.70. The van der Waals surface area contributed by atoms with Gasteiger partial charge in [0.1, 0.15) is 0 Å². The molecule has 1 aromatic carbocycles. The molecule has 0 radical (unpaired) electrons. The average molecular weight is 292 g/mol. The first-order valence-corrected chi connectivity index (χ1v) is 6.82. The molecular formula is C15H24N4O2. The Balaban J connectivity index is 2.50. The SMILES string of the molecule is CN=C(NCCOC)NCc1ccc(C(=O)N(C)C)cc1. The lowest BCUT2D eigenvalue weighted by atomic mass is 10.1. The maximum Gasteiger partial charge on any atom is 0.253 e. The van der Waals surface area contributed by atoms with E-state index in [4.69, 9.17) is 4.74 Å². The van der Waals surface area contributed by atoms with Gasteiger partial charge in [-0.25, -0.2) is 0 Å². The summed E-state index contributed by atoms with van der Waals surface area (Å²) in [7, 11) is 6.87. The molecule has 0 saturated carbocycles. The van der Waals surface area contributed by atoms with Gasteiger partial charge in [0.15, 0.2) is 5.96 Å². The zero-order valence-electron chi connectivity index (χ0n) is 13.1. The van der Waals surface area contributed by atoms with Crippen molar-refractivity contribution in [2.24, 2.45) is 4.99 Å². The van der Waals surface area contributed by atoms with Crippen molar-refractivity contribution < 1.29 is 9.53 Å². The molecule has 2 N–H and O–H groups in total. The minimum Gasteiger partial charge on any atom is -0.383 e. The van der Waals surface area contributed by atoms with Gasteiger partial charge >= 0.3 is 0 Å². The lowest BCUT2D eigenvalue weighted by Crippen LogP contribution is -2.38. The van der Waals surface area contributed by atoms with Crippen LogP contribution in [-0.4, -0.2) is 58.2 Å². The number of amides is 1. The summed E-state index contributed by atoms with van der Waals surface area (Å²) in [5.74, 6) is 0.729. The third-order valence-corrected chi connectivity index (χ3v) is 2.89. The van der Waals surface area contributed by atoms with Gasteiger partial charge in [-0.3, -0.25) is 9.79 Å². The van der Waals surface area contributed by atoms with Gasteiger partial charge in [0, 0.05) is 46.9 Å². The topological polar surface area (TPSA) is 66.0 Å². The van der Waals surface area contributed by atoms with Gasteiger partial charge in [-0.1, -0.05) is 12.1 Å². The summed E-state index contributed by atoms with van der Waals surface area (Å²) < 4.78 is 4.97. The Labute approximate surface area is 126 Å². The van der Waals surface area contributed by atoms with E-state index in [0.29, 0.717) is 25.3 Å². The third kappa shape index (κ3) is 5.83. The van der Waals surface area contributed by atoms with Crippen LogP contribution in [0, 0.1) is 0 Å². The number of hydrogen-bond donors (Lipinski definition) is 2. The highest BCUT2D eigenvalue weighted by atomic mass is 16.5. The summed E-state index contributed by atoms with van der Waals surface area (Å²) in [4.78, 5) is 17.5. The minimum absolute atomic E-state index is 0.00607. The molecule has 0 aromatic heterocycles. The number of ether oxygens (including phenoxy) is 1. The molecule has 0 atom stereocenters. The summed E-state index contributed by atoms with van der Waals surface area (Å²) >= 11 is 0. The Kier molecular flexibility index (Phi) is 7.25. The van der Waals surface area contributed by atoms with Crippen molar-refractivity contribution in [2.45, 2.75) is 6.54 Å². The first kappa shape index (κ1) is 17.0. The molecule has 0 bridgehead atoms. The highest BCUT2D eigenvalue weighted by Gasteiger charge is 2.07. The molecule has 6 nitrogen and oxygen atoms in total. The van der Waals surface area contributed by atoms with Crippen molar-refractivity contribution in [3.8, 4) is 0 Å². The molecule has 116 valence electrons. The average Bonchev–Trinajstić information content (AvgIpc) is 2.50. The zero-order valence-corrected chi connectivity index (χ0v) is 13.1. The number of carbonyl (C=O) groups is 1. The van der Waals surface area contributed by atoms with Gasteiger partial charge in [0.2, 0.25) is 0 Å². The number of benzene rings is 1. The fourth-order valence-corrected chi connectivity index (χ4v) is 1.70. The number of carbonyl (C=O) groups excluding carboxylic acids is 1. The number of guanidine groups is 1. The van der Waals surface area contributed by atoms with E-state index in [1.165, 1.54) is 0 Å². The fraction of sp³-hybridized carbons (Fsp3) is 0.467. The molecule has 21 heavy (non-hydrogen) atoms. The van der Waals surface area contributed by atoms with Crippen LogP contribution < -0.4 is 10.6 Å².